The molecule has 0 heterocycles. The SMILES string of the molecule is Cc1c(C#N)c(CN(C)C)cc(OCc2ccccc2)c1C(=O)OP. The second-order valence-electron chi connectivity index (χ2n) is 5.94. The number of benzene rings is 2. The van der Waals surface area contributed by atoms with Gasteiger partial charge in [0.1, 0.15) is 17.9 Å². The van der Waals surface area contributed by atoms with E-state index in [4.69, 9.17) is 9.26 Å². The van der Waals surface area contributed by atoms with Crippen LogP contribution in [-0.4, -0.2) is 25.0 Å². The van der Waals surface area contributed by atoms with E-state index in [9.17, 15) is 10.1 Å². The van der Waals surface area contributed by atoms with Crippen LogP contribution in [0.15, 0.2) is 36.4 Å². The van der Waals surface area contributed by atoms with Crippen molar-refractivity contribution in [2.75, 3.05) is 14.1 Å². The molecule has 2 rings (SSSR count). The molecule has 6 heteroatoms. The number of carbonyl (C=O) groups excluding carboxylic acids is 1. The maximum Gasteiger partial charge on any atom is 0.344 e. The number of ether oxygens (including phenoxy) is 1. The highest BCUT2D eigenvalue weighted by atomic mass is 31.0. The van der Waals surface area contributed by atoms with Crippen molar-refractivity contribution in [1.82, 2.24) is 4.90 Å². The summed E-state index contributed by atoms with van der Waals surface area (Å²) in [4.78, 5) is 14.2. The highest BCUT2D eigenvalue weighted by Crippen LogP contribution is 2.31. The van der Waals surface area contributed by atoms with E-state index in [1.807, 2.05) is 58.8 Å². The highest BCUT2D eigenvalue weighted by Gasteiger charge is 2.22. The Morgan fingerprint density at radius 2 is 1.96 bits per heavy atom. The fraction of sp³-hybridized carbons (Fsp3) is 0.263. The van der Waals surface area contributed by atoms with Crippen molar-refractivity contribution < 1.29 is 14.1 Å². The molecule has 0 aromatic heterocycles. The van der Waals surface area contributed by atoms with Gasteiger partial charge in [0.2, 0.25) is 0 Å². The van der Waals surface area contributed by atoms with Gasteiger partial charge in [-0.2, -0.15) is 5.26 Å². The van der Waals surface area contributed by atoms with E-state index >= 15 is 0 Å². The molecule has 0 fully saturated rings. The fourth-order valence-electron chi connectivity index (χ4n) is 2.64. The second-order valence-corrected chi connectivity index (χ2v) is 6.17. The Labute approximate surface area is 150 Å². The highest BCUT2D eigenvalue weighted by molar-refractivity contribution is 7.10. The lowest BCUT2D eigenvalue weighted by molar-refractivity contribution is 0.0759. The summed E-state index contributed by atoms with van der Waals surface area (Å²) in [5, 5.41) is 9.52. The maximum absolute atomic E-state index is 12.2. The summed E-state index contributed by atoms with van der Waals surface area (Å²) in [6.07, 6.45) is 0. The first-order valence-electron chi connectivity index (χ1n) is 7.77. The molecule has 130 valence electrons. The predicted octanol–water partition coefficient (Wildman–Crippen LogP) is 3.45. The van der Waals surface area contributed by atoms with Gasteiger partial charge in [0.25, 0.3) is 0 Å². The number of nitriles is 1. The molecule has 25 heavy (non-hydrogen) atoms. The van der Waals surface area contributed by atoms with Gasteiger partial charge in [0.15, 0.2) is 0 Å². The zero-order valence-electron chi connectivity index (χ0n) is 14.6. The molecule has 1 unspecified atom stereocenters. The van der Waals surface area contributed by atoms with E-state index in [-0.39, 0.29) is 5.56 Å². The minimum atomic E-state index is -0.543. The van der Waals surface area contributed by atoms with Crippen LogP contribution in [0.3, 0.4) is 0 Å². The van der Waals surface area contributed by atoms with Crippen molar-refractivity contribution in [3.8, 4) is 11.8 Å². The van der Waals surface area contributed by atoms with Gasteiger partial charge in [-0.25, -0.2) is 4.79 Å². The third-order valence-corrected chi connectivity index (χ3v) is 3.98. The first kappa shape index (κ1) is 18.9. The van der Waals surface area contributed by atoms with Crippen molar-refractivity contribution in [1.29, 1.82) is 5.26 Å². The molecule has 0 saturated carbocycles. The van der Waals surface area contributed by atoms with Crippen molar-refractivity contribution in [3.05, 3.63) is 64.2 Å². The molecule has 0 bridgehead atoms. The average molecular weight is 356 g/mol. The van der Waals surface area contributed by atoms with Gasteiger partial charge < -0.3 is 14.2 Å². The van der Waals surface area contributed by atoms with Crippen LogP contribution >= 0.6 is 9.47 Å². The second kappa shape index (κ2) is 8.62. The minimum absolute atomic E-state index is 0.282. The molecule has 1 atom stereocenters. The monoisotopic (exact) mass is 356 g/mol. The van der Waals surface area contributed by atoms with Crippen LogP contribution in [-0.2, 0) is 17.7 Å². The predicted molar refractivity (Wildman–Crippen MR) is 99.2 cm³/mol. The molecule has 2 aromatic carbocycles. The van der Waals surface area contributed by atoms with Crippen LogP contribution in [0, 0.1) is 18.3 Å². The number of hydrogen-bond acceptors (Lipinski definition) is 5. The van der Waals surface area contributed by atoms with Crippen LogP contribution in [0.1, 0.15) is 32.6 Å². The Morgan fingerprint density at radius 1 is 1.28 bits per heavy atom. The summed E-state index contributed by atoms with van der Waals surface area (Å²) in [7, 11) is 5.79. The van der Waals surface area contributed by atoms with Gasteiger partial charge in [0.05, 0.1) is 21.1 Å². The third kappa shape index (κ3) is 4.57. The van der Waals surface area contributed by atoms with E-state index in [2.05, 4.69) is 6.07 Å². The Kier molecular flexibility index (Phi) is 6.52. The molecular weight excluding hydrogens is 335 g/mol. The number of carbonyl (C=O) groups is 1. The molecule has 0 aliphatic rings. The zero-order valence-corrected chi connectivity index (χ0v) is 15.7. The molecule has 2 aromatic rings. The smallest absolute Gasteiger partial charge is 0.344 e. The standard InChI is InChI=1S/C19H21N2O3P/c1-13-16(10-20)15(11-21(2)3)9-17(18(13)19(22)24-25)23-12-14-7-5-4-6-8-14/h4-9H,11-12,25H2,1-3H3. The molecule has 0 saturated heterocycles. The molecule has 0 aliphatic heterocycles. The maximum atomic E-state index is 12.2. The summed E-state index contributed by atoms with van der Waals surface area (Å²) in [5.74, 6) is -0.122. The fourth-order valence-corrected chi connectivity index (χ4v) is 2.75. The molecule has 5 nitrogen and oxygen atoms in total. The third-order valence-electron chi connectivity index (χ3n) is 3.77. The van der Waals surface area contributed by atoms with Crippen molar-refractivity contribution in [2.24, 2.45) is 0 Å². The summed E-state index contributed by atoms with van der Waals surface area (Å²) in [6, 6.07) is 13.6. The topological polar surface area (TPSA) is 62.6 Å². The Morgan fingerprint density at radius 3 is 2.52 bits per heavy atom. The lowest BCUT2D eigenvalue weighted by Crippen LogP contribution is -2.15. The number of rotatable bonds is 6. The molecule has 0 aliphatic carbocycles. The number of hydrogen-bond donors (Lipinski definition) is 0. The van der Waals surface area contributed by atoms with E-state index in [1.54, 1.807) is 13.0 Å². The summed E-state index contributed by atoms with van der Waals surface area (Å²) in [6.45, 7) is 2.64. The Balaban J connectivity index is 2.49. The van der Waals surface area contributed by atoms with Gasteiger partial charge in [-0.05, 0) is 43.8 Å². The quantitative estimate of drug-likeness (QED) is 0.742. The van der Waals surface area contributed by atoms with Crippen molar-refractivity contribution >= 4 is 15.4 Å². The van der Waals surface area contributed by atoms with Crippen LogP contribution in [0.4, 0.5) is 0 Å². The minimum Gasteiger partial charge on any atom is -0.488 e. The van der Waals surface area contributed by atoms with Crippen LogP contribution < -0.4 is 4.74 Å². The van der Waals surface area contributed by atoms with E-state index in [0.29, 0.717) is 30.0 Å². The average Bonchev–Trinajstić information content (AvgIpc) is 2.60. The Hall–Kier alpha value is -2.41. The number of nitrogens with zero attached hydrogens (tertiary/aromatic N) is 2. The Bertz CT molecular complexity index is 799. The van der Waals surface area contributed by atoms with Crippen molar-refractivity contribution in [3.63, 3.8) is 0 Å². The van der Waals surface area contributed by atoms with Gasteiger partial charge >= 0.3 is 5.97 Å². The first-order valence-corrected chi connectivity index (χ1v) is 8.24. The normalized spacial score (nSPS) is 10.4. The van der Waals surface area contributed by atoms with Gasteiger partial charge in [-0.1, -0.05) is 30.3 Å². The molecule has 0 N–H and O–H groups in total. The zero-order chi connectivity index (χ0) is 18.4. The van der Waals surface area contributed by atoms with E-state index < -0.39 is 5.97 Å². The summed E-state index contributed by atoms with van der Waals surface area (Å²) in [5.41, 5.74) is 3.13. The summed E-state index contributed by atoms with van der Waals surface area (Å²) >= 11 is 0. The first-order chi connectivity index (χ1) is 12.0. The molecule has 0 spiro atoms. The van der Waals surface area contributed by atoms with E-state index in [0.717, 1.165) is 11.1 Å². The molecule has 0 amide bonds. The summed E-state index contributed by atoms with van der Waals surface area (Å²) < 4.78 is 10.7. The lowest BCUT2D eigenvalue weighted by Gasteiger charge is -2.18. The molecule has 0 radical (unpaired) electrons. The van der Waals surface area contributed by atoms with Crippen LogP contribution in [0.5, 0.6) is 5.75 Å². The van der Waals surface area contributed by atoms with Crippen molar-refractivity contribution in [2.45, 2.75) is 20.1 Å². The molecular formula is C19H21N2O3P. The van der Waals surface area contributed by atoms with Gasteiger partial charge in [0, 0.05) is 6.54 Å². The largest absolute Gasteiger partial charge is 0.488 e. The lowest BCUT2D eigenvalue weighted by atomic mass is 9.96. The van der Waals surface area contributed by atoms with Crippen LogP contribution in [0.2, 0.25) is 0 Å². The van der Waals surface area contributed by atoms with Gasteiger partial charge in [-0.3, -0.25) is 0 Å². The van der Waals surface area contributed by atoms with Gasteiger partial charge in [-0.15, -0.1) is 0 Å². The van der Waals surface area contributed by atoms with E-state index in [1.165, 1.54) is 0 Å². The van der Waals surface area contributed by atoms with Crippen LogP contribution in [0.25, 0.3) is 0 Å².